The molecular weight excluding hydrogens is 512 g/mol. The summed E-state index contributed by atoms with van der Waals surface area (Å²) >= 11 is 0. The van der Waals surface area contributed by atoms with Gasteiger partial charge < -0.3 is 14.7 Å². The number of carbonyl (C=O) groups excluding carboxylic acids is 2. The van der Waals surface area contributed by atoms with Gasteiger partial charge in [0.1, 0.15) is 0 Å². The Hall–Kier alpha value is -4.00. The molecule has 3 atom stereocenters. The van der Waals surface area contributed by atoms with Gasteiger partial charge in [-0.15, -0.1) is 0 Å². The average Bonchev–Trinajstić information content (AvgIpc) is 3.70. The molecule has 1 aliphatic carbocycles. The van der Waals surface area contributed by atoms with Crippen LogP contribution in [0.5, 0.6) is 0 Å². The minimum absolute atomic E-state index is 0.00536. The molecule has 8 bridgehead atoms. The smallest absolute Gasteiger partial charge is 0.305 e. The summed E-state index contributed by atoms with van der Waals surface area (Å²) in [6, 6.07) is 6.43. The van der Waals surface area contributed by atoms with Gasteiger partial charge in [0.15, 0.2) is 5.78 Å². The summed E-state index contributed by atoms with van der Waals surface area (Å²) in [6.45, 7) is 12.8. The fourth-order valence-corrected chi connectivity index (χ4v) is 7.06. The zero-order chi connectivity index (χ0) is 29.2. The van der Waals surface area contributed by atoms with Crippen LogP contribution in [0.25, 0.3) is 27.6 Å². The van der Waals surface area contributed by atoms with Crippen molar-refractivity contribution >= 4 is 39.4 Å². The van der Waals surface area contributed by atoms with Crippen LogP contribution in [0.2, 0.25) is 0 Å². The Morgan fingerprint density at radius 3 is 2.51 bits per heavy atom. The van der Waals surface area contributed by atoms with Crippen molar-refractivity contribution in [2.24, 2.45) is 0 Å². The topological polar surface area (TPSA) is 101 Å². The lowest BCUT2D eigenvalue weighted by atomic mass is 9.85. The number of carbonyl (C=O) groups is 2. The molecule has 0 saturated heterocycles. The Morgan fingerprint density at radius 1 is 1.05 bits per heavy atom. The van der Waals surface area contributed by atoms with Gasteiger partial charge >= 0.3 is 5.97 Å². The third kappa shape index (κ3) is 4.25. The molecule has 7 heteroatoms. The number of nitrogens with zero attached hydrogens (tertiary/aromatic N) is 2. The number of nitrogens with one attached hydrogen (secondary N) is 2. The number of aromatic nitrogens is 4. The minimum Gasteiger partial charge on any atom is -0.469 e. The van der Waals surface area contributed by atoms with Gasteiger partial charge in [0.2, 0.25) is 0 Å². The number of methoxy groups -OCH3 is 1. The lowest BCUT2D eigenvalue weighted by Gasteiger charge is -2.16. The highest BCUT2D eigenvalue weighted by molar-refractivity contribution is 6.13. The summed E-state index contributed by atoms with van der Waals surface area (Å²) in [4.78, 5) is 43.2. The Labute approximate surface area is 240 Å². The highest BCUT2D eigenvalue weighted by atomic mass is 16.5. The van der Waals surface area contributed by atoms with E-state index in [1.54, 1.807) is 0 Å². The molecule has 3 aliphatic rings. The lowest BCUT2D eigenvalue weighted by Crippen LogP contribution is -2.09. The van der Waals surface area contributed by atoms with Gasteiger partial charge in [-0.25, -0.2) is 0 Å². The third-order valence-corrected chi connectivity index (χ3v) is 9.51. The van der Waals surface area contributed by atoms with Crippen LogP contribution in [0.15, 0.2) is 24.3 Å². The van der Waals surface area contributed by atoms with Gasteiger partial charge in [-0.3, -0.25) is 19.6 Å². The molecule has 6 rings (SSSR count). The molecule has 3 aromatic heterocycles. The monoisotopic (exact) mass is 550 g/mol. The number of hydrogen-bond donors (Lipinski definition) is 2. The molecule has 2 N–H and O–H groups in total. The maximum absolute atomic E-state index is 13.4. The van der Waals surface area contributed by atoms with Gasteiger partial charge in [-0.2, -0.15) is 0 Å². The van der Waals surface area contributed by atoms with Crippen LogP contribution in [0, 0.1) is 13.8 Å². The molecule has 41 heavy (non-hydrogen) atoms. The predicted octanol–water partition coefficient (Wildman–Crippen LogP) is 7.28. The van der Waals surface area contributed by atoms with Crippen molar-refractivity contribution in [3.05, 3.63) is 74.9 Å². The van der Waals surface area contributed by atoms with Crippen LogP contribution in [0.4, 0.5) is 0 Å². The van der Waals surface area contributed by atoms with Gasteiger partial charge in [0.25, 0.3) is 0 Å². The molecule has 3 unspecified atom stereocenters. The van der Waals surface area contributed by atoms with E-state index in [4.69, 9.17) is 14.7 Å². The quantitative estimate of drug-likeness (QED) is 0.333. The first-order chi connectivity index (χ1) is 19.7. The standard InChI is InChI=1S/C34H38N4O3/c1-8-20-16(3)24-13-26-18(5)22(10-11-31(40)41-7)33(37-26)23-12-30(39)32-19(6)27(38-34(23)32)15-29-21(9-2)17(4)25(36-29)14-28(20)35-24/h8,13-16,18,22,36,38H,9-12H2,1-7H3. The number of Topliss-reactive ketones (excluding diaryl/α,β-unsaturated/α-hetero) is 1. The number of fused-ring (bicyclic) bond motifs is 8. The van der Waals surface area contributed by atoms with E-state index in [9.17, 15) is 9.59 Å². The largest absolute Gasteiger partial charge is 0.469 e. The van der Waals surface area contributed by atoms with Crippen molar-refractivity contribution < 1.29 is 14.3 Å². The maximum atomic E-state index is 13.4. The molecular formula is C34H38N4O3. The second-order valence-electron chi connectivity index (χ2n) is 11.7. The van der Waals surface area contributed by atoms with Gasteiger partial charge in [-0.1, -0.05) is 26.8 Å². The number of hydrogen-bond acceptors (Lipinski definition) is 5. The van der Waals surface area contributed by atoms with Crippen molar-refractivity contribution in [2.45, 2.75) is 85.0 Å². The van der Waals surface area contributed by atoms with E-state index in [2.05, 4.69) is 68.9 Å². The van der Waals surface area contributed by atoms with Crippen LogP contribution in [0.3, 0.4) is 0 Å². The summed E-state index contributed by atoms with van der Waals surface area (Å²) in [5, 5.41) is 0. The van der Waals surface area contributed by atoms with E-state index in [1.165, 1.54) is 23.8 Å². The zero-order valence-corrected chi connectivity index (χ0v) is 25.0. The number of allylic oxidation sites excluding steroid dienone is 2. The molecule has 0 saturated carbocycles. The molecule has 0 aromatic carbocycles. The first kappa shape index (κ1) is 27.2. The molecule has 5 heterocycles. The van der Waals surface area contributed by atoms with Gasteiger partial charge in [0.05, 0.1) is 29.7 Å². The van der Waals surface area contributed by atoms with Crippen LogP contribution < -0.4 is 0 Å². The van der Waals surface area contributed by atoms with Crippen molar-refractivity contribution in [3.63, 3.8) is 0 Å². The fourth-order valence-electron chi connectivity index (χ4n) is 7.06. The summed E-state index contributed by atoms with van der Waals surface area (Å²) in [6.07, 6.45) is 4.26. The number of esters is 1. The van der Waals surface area contributed by atoms with E-state index in [-0.39, 0.29) is 29.5 Å². The average molecular weight is 551 g/mol. The van der Waals surface area contributed by atoms with Crippen LogP contribution >= 0.6 is 0 Å². The predicted molar refractivity (Wildman–Crippen MR) is 162 cm³/mol. The Morgan fingerprint density at radius 2 is 1.80 bits per heavy atom. The summed E-state index contributed by atoms with van der Waals surface area (Å²) in [5.41, 5.74) is 14.0. The number of ether oxygens (including phenoxy) is 1. The number of ketones is 1. The Balaban J connectivity index is 1.73. The van der Waals surface area contributed by atoms with Crippen molar-refractivity contribution in [3.8, 4) is 0 Å². The van der Waals surface area contributed by atoms with Crippen LogP contribution in [-0.2, 0) is 22.4 Å². The van der Waals surface area contributed by atoms with Crippen molar-refractivity contribution in [1.29, 1.82) is 0 Å². The molecule has 0 amide bonds. The first-order valence-electron chi connectivity index (χ1n) is 14.7. The second-order valence-corrected chi connectivity index (χ2v) is 11.7. The lowest BCUT2D eigenvalue weighted by molar-refractivity contribution is -0.140. The van der Waals surface area contributed by atoms with E-state index >= 15 is 0 Å². The highest BCUT2D eigenvalue weighted by Gasteiger charge is 2.36. The van der Waals surface area contributed by atoms with E-state index < -0.39 is 0 Å². The Kier molecular flexibility index (Phi) is 6.71. The minimum atomic E-state index is -0.235. The number of aromatic amines is 2. The SMILES string of the molecule is CC=C1c2cc3[nH]c(cc4[nH]c5c(c6nc(cc(n2)C1C)C(C)C6CCC(=O)OC)CC(=O)c5c4C)c(CC)c3C. The molecule has 0 radical (unpaired) electrons. The van der Waals surface area contributed by atoms with Gasteiger partial charge in [0, 0.05) is 64.0 Å². The molecule has 212 valence electrons. The molecule has 0 spiro atoms. The van der Waals surface area contributed by atoms with E-state index in [0.717, 1.165) is 68.0 Å². The van der Waals surface area contributed by atoms with Crippen LogP contribution in [0.1, 0.15) is 114 Å². The van der Waals surface area contributed by atoms with Gasteiger partial charge in [-0.05, 0) is 74.1 Å². The summed E-state index contributed by atoms with van der Waals surface area (Å²) in [5.74, 6) is 0.0656. The molecule has 2 aliphatic heterocycles. The molecule has 3 aromatic rings. The van der Waals surface area contributed by atoms with Crippen molar-refractivity contribution in [1.82, 2.24) is 19.9 Å². The first-order valence-corrected chi connectivity index (χ1v) is 14.7. The van der Waals surface area contributed by atoms with Crippen molar-refractivity contribution in [2.75, 3.05) is 7.11 Å². The fraction of sp³-hybridized carbons (Fsp3) is 0.412. The van der Waals surface area contributed by atoms with E-state index in [0.29, 0.717) is 19.3 Å². The summed E-state index contributed by atoms with van der Waals surface area (Å²) in [7, 11) is 1.42. The normalized spacial score (nSPS) is 20.7. The third-order valence-electron chi connectivity index (χ3n) is 9.51. The second kappa shape index (κ2) is 10.1. The zero-order valence-electron chi connectivity index (χ0n) is 25.0. The summed E-state index contributed by atoms with van der Waals surface area (Å²) < 4.78 is 4.97. The number of aryl methyl sites for hydroxylation is 3. The number of rotatable bonds is 4. The Bertz CT molecular complexity index is 1810. The van der Waals surface area contributed by atoms with E-state index in [1.807, 2.05) is 6.92 Å². The maximum Gasteiger partial charge on any atom is 0.305 e. The number of H-pyrrole nitrogens is 2. The van der Waals surface area contributed by atoms with Crippen LogP contribution in [-0.4, -0.2) is 38.8 Å². The molecule has 7 nitrogen and oxygen atoms in total. The highest BCUT2D eigenvalue weighted by Crippen LogP contribution is 2.45. The molecule has 0 fully saturated rings.